The Morgan fingerprint density at radius 2 is 2.04 bits per heavy atom. The molecule has 1 aliphatic rings. The largest absolute Gasteiger partial charge is 0.348 e. The third-order valence-electron chi connectivity index (χ3n) is 4.13. The molecule has 8 heteroatoms. The molecule has 0 aliphatic carbocycles. The van der Waals surface area contributed by atoms with E-state index in [2.05, 4.69) is 25.0 Å². The summed E-state index contributed by atoms with van der Waals surface area (Å²) in [6.07, 6.45) is 5.77. The molecule has 1 unspecified atom stereocenters. The van der Waals surface area contributed by atoms with Gasteiger partial charge in [-0.2, -0.15) is 4.98 Å². The standard InChI is InChI=1S/C16H15Cl2N5O/c17-12-6-11(7-13(18)8-12)15-21-16(24-22-15)23-5-1-2-10(9-23)14-19-3-4-20-14/h3-4,6-8,10H,1-2,5,9H2,(H,19,20). The van der Waals surface area contributed by atoms with E-state index >= 15 is 0 Å². The van der Waals surface area contributed by atoms with Gasteiger partial charge in [0, 0.05) is 47.0 Å². The van der Waals surface area contributed by atoms with Crippen LogP contribution in [0.2, 0.25) is 10.0 Å². The van der Waals surface area contributed by atoms with Gasteiger partial charge in [0.1, 0.15) is 5.82 Å². The molecule has 3 aromatic rings. The lowest BCUT2D eigenvalue weighted by Gasteiger charge is -2.30. The second kappa shape index (κ2) is 6.45. The molecular formula is C16H15Cl2N5O. The van der Waals surface area contributed by atoms with Crippen molar-refractivity contribution >= 4 is 29.2 Å². The predicted molar refractivity (Wildman–Crippen MR) is 92.5 cm³/mol. The number of imidazole rings is 1. The maximum atomic E-state index is 6.04. The van der Waals surface area contributed by atoms with Crippen molar-refractivity contribution in [2.75, 3.05) is 18.0 Å². The van der Waals surface area contributed by atoms with Crippen LogP contribution in [-0.4, -0.2) is 33.2 Å². The summed E-state index contributed by atoms with van der Waals surface area (Å²) in [4.78, 5) is 14.1. The van der Waals surface area contributed by atoms with E-state index in [4.69, 9.17) is 27.7 Å². The number of aromatic amines is 1. The Hall–Kier alpha value is -2.05. The van der Waals surface area contributed by atoms with E-state index in [0.29, 0.717) is 27.8 Å². The van der Waals surface area contributed by atoms with Crippen LogP contribution >= 0.6 is 23.2 Å². The first-order valence-electron chi connectivity index (χ1n) is 7.73. The van der Waals surface area contributed by atoms with Crippen molar-refractivity contribution in [3.8, 4) is 11.4 Å². The minimum atomic E-state index is 0.338. The zero-order valence-electron chi connectivity index (χ0n) is 12.7. The van der Waals surface area contributed by atoms with E-state index in [1.54, 1.807) is 24.4 Å². The number of hydrogen-bond donors (Lipinski definition) is 1. The molecule has 0 amide bonds. The molecule has 0 bridgehead atoms. The number of aromatic nitrogens is 4. The number of anilines is 1. The third kappa shape index (κ3) is 3.12. The van der Waals surface area contributed by atoms with Gasteiger partial charge >= 0.3 is 6.01 Å². The zero-order valence-corrected chi connectivity index (χ0v) is 14.3. The van der Waals surface area contributed by atoms with Crippen LogP contribution in [0.15, 0.2) is 35.1 Å². The van der Waals surface area contributed by atoms with Crippen molar-refractivity contribution < 1.29 is 4.52 Å². The van der Waals surface area contributed by atoms with Crippen molar-refractivity contribution in [2.45, 2.75) is 18.8 Å². The fraction of sp³-hybridized carbons (Fsp3) is 0.312. The topological polar surface area (TPSA) is 70.8 Å². The minimum Gasteiger partial charge on any atom is -0.348 e. The lowest BCUT2D eigenvalue weighted by Crippen LogP contribution is -2.35. The summed E-state index contributed by atoms with van der Waals surface area (Å²) in [7, 11) is 0. The fourth-order valence-corrected chi connectivity index (χ4v) is 3.54. The second-order valence-corrected chi connectivity index (χ2v) is 6.69. The number of piperidine rings is 1. The van der Waals surface area contributed by atoms with E-state index in [0.717, 1.165) is 37.3 Å². The van der Waals surface area contributed by atoms with Gasteiger partial charge in [-0.05, 0) is 31.0 Å². The molecule has 1 aliphatic heterocycles. The molecule has 1 N–H and O–H groups in total. The van der Waals surface area contributed by atoms with Crippen LogP contribution in [0.3, 0.4) is 0 Å². The number of nitrogens with one attached hydrogen (secondary N) is 1. The molecule has 6 nitrogen and oxygen atoms in total. The molecule has 124 valence electrons. The van der Waals surface area contributed by atoms with Crippen LogP contribution in [0.1, 0.15) is 24.6 Å². The molecule has 1 aromatic carbocycles. The number of H-pyrrole nitrogens is 1. The highest BCUT2D eigenvalue weighted by atomic mass is 35.5. The SMILES string of the molecule is Clc1cc(Cl)cc(-c2noc(N3CCCC(c4ncc[nH]4)C3)n2)c1. The normalized spacial score (nSPS) is 18.1. The summed E-state index contributed by atoms with van der Waals surface area (Å²) in [5.41, 5.74) is 0.738. The van der Waals surface area contributed by atoms with Gasteiger partial charge in [-0.25, -0.2) is 4.98 Å². The van der Waals surface area contributed by atoms with Gasteiger partial charge in [0.05, 0.1) is 0 Å². The van der Waals surface area contributed by atoms with Crippen LogP contribution in [0, 0.1) is 0 Å². The zero-order chi connectivity index (χ0) is 16.5. The third-order valence-corrected chi connectivity index (χ3v) is 4.57. The van der Waals surface area contributed by atoms with Crippen LogP contribution in [0.4, 0.5) is 6.01 Å². The number of benzene rings is 1. The summed E-state index contributed by atoms with van der Waals surface area (Å²) in [5, 5.41) is 5.15. The lowest BCUT2D eigenvalue weighted by atomic mass is 9.98. The van der Waals surface area contributed by atoms with Crippen molar-refractivity contribution in [1.82, 2.24) is 20.1 Å². The van der Waals surface area contributed by atoms with E-state index in [9.17, 15) is 0 Å². The maximum Gasteiger partial charge on any atom is 0.324 e. The molecule has 3 heterocycles. The first-order chi connectivity index (χ1) is 11.7. The summed E-state index contributed by atoms with van der Waals surface area (Å²) in [5.74, 6) is 1.82. The lowest BCUT2D eigenvalue weighted by molar-refractivity contribution is 0.391. The molecule has 0 saturated carbocycles. The Morgan fingerprint density at radius 3 is 2.79 bits per heavy atom. The fourth-order valence-electron chi connectivity index (χ4n) is 3.02. The van der Waals surface area contributed by atoms with Crippen LogP contribution < -0.4 is 4.90 Å². The molecule has 2 aromatic heterocycles. The molecule has 24 heavy (non-hydrogen) atoms. The van der Waals surface area contributed by atoms with Gasteiger partial charge in [-0.15, -0.1) is 0 Å². The molecule has 0 radical (unpaired) electrons. The van der Waals surface area contributed by atoms with Gasteiger partial charge in [0.2, 0.25) is 5.82 Å². The Balaban J connectivity index is 1.56. The summed E-state index contributed by atoms with van der Waals surface area (Å²) < 4.78 is 5.45. The predicted octanol–water partition coefficient (Wildman–Crippen LogP) is 4.15. The van der Waals surface area contributed by atoms with E-state index in [1.165, 1.54) is 0 Å². The van der Waals surface area contributed by atoms with E-state index in [-0.39, 0.29) is 0 Å². The minimum absolute atomic E-state index is 0.338. The highest BCUT2D eigenvalue weighted by molar-refractivity contribution is 6.35. The first-order valence-corrected chi connectivity index (χ1v) is 8.49. The van der Waals surface area contributed by atoms with Gasteiger partial charge < -0.3 is 14.4 Å². The number of rotatable bonds is 3. The molecule has 0 spiro atoms. The van der Waals surface area contributed by atoms with Gasteiger partial charge in [-0.1, -0.05) is 28.4 Å². The van der Waals surface area contributed by atoms with Gasteiger partial charge in [0.25, 0.3) is 0 Å². The Labute approximate surface area is 148 Å². The Bertz CT molecular complexity index is 813. The smallest absolute Gasteiger partial charge is 0.324 e. The van der Waals surface area contributed by atoms with Crippen LogP contribution in [0.5, 0.6) is 0 Å². The Morgan fingerprint density at radius 1 is 1.21 bits per heavy atom. The average Bonchev–Trinajstić information content (AvgIpc) is 3.26. The summed E-state index contributed by atoms with van der Waals surface area (Å²) >= 11 is 12.1. The van der Waals surface area contributed by atoms with Crippen molar-refractivity contribution in [3.63, 3.8) is 0 Å². The summed E-state index contributed by atoms with van der Waals surface area (Å²) in [6, 6.07) is 5.72. The van der Waals surface area contributed by atoms with Crippen LogP contribution in [0.25, 0.3) is 11.4 Å². The van der Waals surface area contributed by atoms with Crippen molar-refractivity contribution in [3.05, 3.63) is 46.5 Å². The van der Waals surface area contributed by atoms with E-state index < -0.39 is 0 Å². The highest BCUT2D eigenvalue weighted by Crippen LogP contribution is 2.30. The highest BCUT2D eigenvalue weighted by Gasteiger charge is 2.26. The maximum absolute atomic E-state index is 6.04. The second-order valence-electron chi connectivity index (χ2n) is 5.82. The molecule has 4 rings (SSSR count). The van der Waals surface area contributed by atoms with Gasteiger partial charge in [0.15, 0.2) is 0 Å². The number of halogens is 2. The Kier molecular flexibility index (Phi) is 4.16. The molecule has 1 saturated heterocycles. The van der Waals surface area contributed by atoms with Crippen LogP contribution in [-0.2, 0) is 0 Å². The number of hydrogen-bond acceptors (Lipinski definition) is 5. The molecular weight excluding hydrogens is 349 g/mol. The van der Waals surface area contributed by atoms with Crippen molar-refractivity contribution in [1.29, 1.82) is 0 Å². The van der Waals surface area contributed by atoms with E-state index in [1.807, 2.05) is 6.20 Å². The average molecular weight is 364 g/mol. The molecule has 1 fully saturated rings. The molecule has 1 atom stereocenters. The van der Waals surface area contributed by atoms with Crippen molar-refractivity contribution in [2.24, 2.45) is 0 Å². The number of nitrogens with zero attached hydrogens (tertiary/aromatic N) is 4. The quantitative estimate of drug-likeness (QED) is 0.756. The first kappa shape index (κ1) is 15.5. The van der Waals surface area contributed by atoms with Gasteiger partial charge in [-0.3, -0.25) is 0 Å². The monoisotopic (exact) mass is 363 g/mol. The summed E-state index contributed by atoms with van der Waals surface area (Å²) in [6.45, 7) is 1.68.